The lowest BCUT2D eigenvalue weighted by molar-refractivity contribution is -0.385. The summed E-state index contributed by atoms with van der Waals surface area (Å²) in [6, 6.07) is 5.69. The molecule has 1 amide bonds. The van der Waals surface area contributed by atoms with Crippen LogP contribution in [0.4, 0.5) is 5.69 Å². The third-order valence-corrected chi connectivity index (χ3v) is 4.86. The topological polar surface area (TPSA) is 123 Å². The summed E-state index contributed by atoms with van der Waals surface area (Å²) in [5, 5.41) is 24.6. The average Bonchev–Trinajstić information content (AvgIpc) is 2.61. The zero-order valence-electron chi connectivity index (χ0n) is 14.1. The Balaban J connectivity index is 2.04. The van der Waals surface area contributed by atoms with Crippen molar-refractivity contribution in [2.75, 3.05) is 13.7 Å². The number of carbonyl (C=O) groups excluding carboxylic acids is 1. The van der Waals surface area contributed by atoms with Crippen molar-refractivity contribution in [3.63, 3.8) is 0 Å². The normalized spacial score (nSPS) is 10.7. The van der Waals surface area contributed by atoms with Gasteiger partial charge in [-0.05, 0) is 44.0 Å². The van der Waals surface area contributed by atoms with Crippen molar-refractivity contribution in [3.05, 3.63) is 53.4 Å². The number of nitro benzene ring substituents is 1. The van der Waals surface area contributed by atoms with Gasteiger partial charge in [0.1, 0.15) is 5.75 Å². The van der Waals surface area contributed by atoms with E-state index >= 15 is 0 Å². The number of ether oxygens (including phenoxy) is 2. The smallest absolute Gasteiger partial charge is 0.277 e. The number of nitrogens with zero attached hydrogens (tertiary/aromatic N) is 2. The molecule has 0 fully saturated rings. The van der Waals surface area contributed by atoms with Gasteiger partial charge in [0.05, 0.1) is 33.3 Å². The Labute approximate surface area is 184 Å². The molecule has 2 rings (SSSR count). The Bertz CT molecular complexity index is 928. The Hall–Kier alpha value is -2.18. The Morgan fingerprint density at radius 3 is 2.50 bits per heavy atom. The number of phenols is 1. The van der Waals surface area contributed by atoms with E-state index in [2.05, 4.69) is 58.3 Å². The van der Waals surface area contributed by atoms with Crippen molar-refractivity contribution in [2.24, 2.45) is 5.10 Å². The van der Waals surface area contributed by atoms with Crippen molar-refractivity contribution >= 4 is 65.6 Å². The Kier molecular flexibility index (Phi) is 7.78. The summed E-state index contributed by atoms with van der Waals surface area (Å²) in [7, 11) is 1.26. The minimum absolute atomic E-state index is 0.00525. The minimum Gasteiger partial charge on any atom is -0.504 e. The van der Waals surface area contributed by atoms with Gasteiger partial charge < -0.3 is 14.6 Å². The van der Waals surface area contributed by atoms with Gasteiger partial charge in [0.2, 0.25) is 0 Å². The molecule has 0 radical (unpaired) electrons. The van der Waals surface area contributed by atoms with Crippen LogP contribution in [0.1, 0.15) is 5.56 Å². The van der Waals surface area contributed by atoms with Crippen LogP contribution in [-0.4, -0.2) is 35.9 Å². The van der Waals surface area contributed by atoms with Gasteiger partial charge in [0.15, 0.2) is 18.1 Å². The molecule has 0 bridgehead atoms. The third kappa shape index (κ3) is 5.66. The molecule has 12 heteroatoms. The second kappa shape index (κ2) is 9.85. The molecule has 0 aliphatic heterocycles. The van der Waals surface area contributed by atoms with Gasteiger partial charge in [-0.2, -0.15) is 5.10 Å². The van der Waals surface area contributed by atoms with E-state index in [1.807, 2.05) is 0 Å². The number of amides is 1. The summed E-state index contributed by atoms with van der Waals surface area (Å²) in [5.41, 5.74) is 1.92. The first kappa shape index (κ1) is 22.1. The molecule has 0 aromatic heterocycles. The number of halogens is 3. The molecule has 0 saturated heterocycles. The zero-order chi connectivity index (χ0) is 20.8. The maximum Gasteiger partial charge on any atom is 0.277 e. The monoisotopic (exact) mass is 579 g/mol. The number of hydrazone groups is 1. The molecule has 0 heterocycles. The molecule has 0 atom stereocenters. The van der Waals surface area contributed by atoms with Crippen LogP contribution in [0.5, 0.6) is 17.2 Å². The number of benzene rings is 2. The van der Waals surface area contributed by atoms with Crippen LogP contribution in [0.25, 0.3) is 0 Å². The van der Waals surface area contributed by atoms with Crippen LogP contribution in [0.15, 0.2) is 42.8 Å². The summed E-state index contributed by atoms with van der Waals surface area (Å²) >= 11 is 9.99. The SMILES string of the molecule is COc1cc([N+](=O)[O-])cc(/C=N/NC(=O)COc2c(Br)cc(Br)cc2Br)c1O. The van der Waals surface area contributed by atoms with Crippen molar-refractivity contribution in [3.8, 4) is 17.2 Å². The van der Waals surface area contributed by atoms with E-state index in [1.54, 1.807) is 12.1 Å². The Morgan fingerprint density at radius 1 is 1.29 bits per heavy atom. The molecule has 2 N–H and O–H groups in total. The maximum absolute atomic E-state index is 11.9. The summed E-state index contributed by atoms with van der Waals surface area (Å²) in [6.45, 7) is -0.333. The summed E-state index contributed by atoms with van der Waals surface area (Å²) < 4.78 is 12.4. The van der Waals surface area contributed by atoms with Gasteiger partial charge in [-0.1, -0.05) is 15.9 Å². The van der Waals surface area contributed by atoms with Gasteiger partial charge in [-0.25, -0.2) is 5.43 Å². The fourth-order valence-corrected chi connectivity index (χ4v) is 4.47. The van der Waals surface area contributed by atoms with Crippen LogP contribution in [0.3, 0.4) is 0 Å². The standard InChI is InChI=1S/C16H12Br3N3O6/c1-27-13-5-10(22(25)26)2-8(15(13)24)6-20-21-14(23)7-28-16-11(18)3-9(17)4-12(16)19/h2-6,24H,7H2,1H3,(H,21,23)/b20-6+. The minimum atomic E-state index is -0.639. The van der Waals surface area contributed by atoms with Crippen LogP contribution >= 0.6 is 47.8 Å². The summed E-state index contributed by atoms with van der Waals surface area (Å²) in [5.74, 6) is -0.571. The van der Waals surface area contributed by atoms with Crippen molar-refractivity contribution in [1.29, 1.82) is 0 Å². The molecular weight excluding hydrogens is 570 g/mol. The first-order valence-corrected chi connectivity index (χ1v) is 9.75. The molecule has 0 saturated carbocycles. The van der Waals surface area contributed by atoms with E-state index in [1.165, 1.54) is 7.11 Å². The first-order valence-electron chi connectivity index (χ1n) is 7.37. The van der Waals surface area contributed by atoms with Gasteiger partial charge >= 0.3 is 0 Å². The van der Waals surface area contributed by atoms with Crippen molar-refractivity contribution in [2.45, 2.75) is 0 Å². The molecular formula is C16H12Br3N3O6. The lowest BCUT2D eigenvalue weighted by atomic mass is 10.2. The van der Waals surface area contributed by atoms with Crippen LogP contribution in [0, 0.1) is 10.1 Å². The highest BCUT2D eigenvalue weighted by atomic mass is 79.9. The molecule has 0 aliphatic rings. The number of nitrogens with one attached hydrogen (secondary N) is 1. The number of methoxy groups -OCH3 is 1. The number of phenolic OH excluding ortho intramolecular Hbond substituents is 1. The van der Waals surface area contributed by atoms with Crippen molar-refractivity contribution in [1.82, 2.24) is 5.43 Å². The van der Waals surface area contributed by atoms with Gasteiger partial charge in [-0.3, -0.25) is 14.9 Å². The molecule has 9 nitrogen and oxygen atoms in total. The van der Waals surface area contributed by atoms with Crippen LogP contribution < -0.4 is 14.9 Å². The van der Waals surface area contributed by atoms with Gasteiger partial charge in [0.25, 0.3) is 11.6 Å². The van der Waals surface area contributed by atoms with E-state index in [-0.39, 0.29) is 29.4 Å². The lowest BCUT2D eigenvalue weighted by Crippen LogP contribution is -2.24. The molecule has 0 unspecified atom stereocenters. The number of aromatic hydroxyl groups is 1. The first-order chi connectivity index (χ1) is 13.2. The second-order valence-electron chi connectivity index (χ2n) is 5.12. The van der Waals surface area contributed by atoms with E-state index in [9.17, 15) is 20.0 Å². The van der Waals surface area contributed by atoms with Crippen LogP contribution in [-0.2, 0) is 4.79 Å². The number of hydrogen-bond donors (Lipinski definition) is 2. The van der Waals surface area contributed by atoms with Gasteiger partial charge in [0, 0.05) is 16.1 Å². The van der Waals surface area contributed by atoms with Crippen molar-refractivity contribution < 1.29 is 24.3 Å². The molecule has 2 aromatic carbocycles. The van der Waals surface area contributed by atoms with E-state index in [4.69, 9.17) is 9.47 Å². The molecule has 0 aliphatic carbocycles. The highest BCUT2D eigenvalue weighted by Gasteiger charge is 2.16. The van der Waals surface area contributed by atoms with Crippen LogP contribution in [0.2, 0.25) is 0 Å². The number of carbonyl (C=O) groups is 1. The lowest BCUT2D eigenvalue weighted by Gasteiger charge is -2.10. The van der Waals surface area contributed by atoms with E-state index in [0.717, 1.165) is 22.8 Å². The summed E-state index contributed by atoms with van der Waals surface area (Å²) in [4.78, 5) is 22.2. The fourth-order valence-electron chi connectivity index (χ4n) is 1.98. The maximum atomic E-state index is 11.9. The predicted octanol–water partition coefficient (Wildman–Crippen LogP) is 4.13. The molecule has 148 valence electrons. The fraction of sp³-hybridized carbons (Fsp3) is 0.125. The van der Waals surface area contributed by atoms with Gasteiger partial charge in [-0.15, -0.1) is 0 Å². The third-order valence-electron chi connectivity index (χ3n) is 3.22. The number of non-ortho nitro benzene ring substituents is 1. The quantitative estimate of drug-likeness (QED) is 0.288. The largest absolute Gasteiger partial charge is 0.504 e. The summed E-state index contributed by atoms with van der Waals surface area (Å²) in [6.07, 6.45) is 1.06. The molecule has 2 aromatic rings. The predicted molar refractivity (Wildman–Crippen MR) is 112 cm³/mol. The highest BCUT2D eigenvalue weighted by Crippen LogP contribution is 2.36. The highest BCUT2D eigenvalue weighted by molar-refractivity contribution is 9.11. The number of hydrogen-bond acceptors (Lipinski definition) is 7. The average molecular weight is 582 g/mol. The van der Waals surface area contributed by atoms with E-state index in [0.29, 0.717) is 14.7 Å². The molecule has 28 heavy (non-hydrogen) atoms. The number of rotatable bonds is 7. The zero-order valence-corrected chi connectivity index (χ0v) is 18.9. The second-order valence-corrected chi connectivity index (χ2v) is 7.75. The Morgan fingerprint density at radius 2 is 1.93 bits per heavy atom. The molecule has 0 spiro atoms. The number of nitro groups is 1. The van der Waals surface area contributed by atoms with E-state index < -0.39 is 10.8 Å².